The van der Waals surface area contributed by atoms with E-state index in [1.54, 1.807) is 53.1 Å². The van der Waals surface area contributed by atoms with Crippen LogP contribution in [0.25, 0.3) is 16.9 Å². The molecular formula is C21H15N3O4. The maximum Gasteiger partial charge on any atom is 0.343 e. The third-order valence-corrected chi connectivity index (χ3v) is 4.37. The number of aryl methyl sites for hydroxylation is 1. The summed E-state index contributed by atoms with van der Waals surface area (Å²) in [4.78, 5) is 27.2. The first kappa shape index (κ1) is 17.4. The van der Waals surface area contributed by atoms with E-state index in [1.165, 1.54) is 12.3 Å². The lowest BCUT2D eigenvalue weighted by Gasteiger charge is -2.07. The van der Waals surface area contributed by atoms with Gasteiger partial charge in [0.15, 0.2) is 0 Å². The minimum Gasteiger partial charge on any atom is -0.423 e. The Morgan fingerprint density at radius 2 is 1.79 bits per heavy atom. The third kappa shape index (κ3) is 3.33. The molecule has 7 nitrogen and oxygen atoms in total. The number of carbonyl (C=O) groups excluding carboxylic acids is 1. The standard InChI is InChI=1S/C21H15N3O4/c1-14-4-2-3-5-18(14)21(25)28-17-9-6-15(7-10-17)19-13-23-12-16(24(26)27)8-11-20(23)22-19/h2-13H,1H3. The second-order valence-corrected chi connectivity index (χ2v) is 6.26. The van der Waals surface area contributed by atoms with Gasteiger partial charge < -0.3 is 4.74 Å². The van der Waals surface area contributed by atoms with Gasteiger partial charge in [0, 0.05) is 17.8 Å². The molecule has 0 aliphatic rings. The second kappa shape index (κ2) is 6.96. The SMILES string of the molecule is Cc1ccccc1C(=O)Oc1ccc(-c2cn3cc([N+](=O)[O-])ccc3n2)cc1. The molecule has 2 aromatic heterocycles. The average molecular weight is 373 g/mol. The van der Waals surface area contributed by atoms with Crippen molar-refractivity contribution in [2.45, 2.75) is 6.92 Å². The van der Waals surface area contributed by atoms with Crippen molar-refractivity contribution in [3.05, 3.63) is 94.3 Å². The number of hydrogen-bond acceptors (Lipinski definition) is 5. The average Bonchev–Trinajstić information content (AvgIpc) is 3.12. The molecule has 0 saturated heterocycles. The molecule has 0 atom stereocenters. The van der Waals surface area contributed by atoms with E-state index in [-0.39, 0.29) is 5.69 Å². The van der Waals surface area contributed by atoms with Gasteiger partial charge in [-0.3, -0.25) is 14.5 Å². The first-order valence-corrected chi connectivity index (χ1v) is 8.53. The molecule has 0 fully saturated rings. The number of carbonyl (C=O) groups is 1. The number of aromatic nitrogens is 2. The molecule has 0 aliphatic heterocycles. The highest BCUT2D eigenvalue weighted by molar-refractivity contribution is 5.92. The highest BCUT2D eigenvalue weighted by Gasteiger charge is 2.12. The molecule has 0 saturated carbocycles. The van der Waals surface area contributed by atoms with Gasteiger partial charge in [-0.05, 0) is 48.9 Å². The van der Waals surface area contributed by atoms with E-state index in [2.05, 4.69) is 4.98 Å². The topological polar surface area (TPSA) is 86.7 Å². The Morgan fingerprint density at radius 3 is 2.50 bits per heavy atom. The van der Waals surface area contributed by atoms with Crippen molar-refractivity contribution in [1.82, 2.24) is 9.38 Å². The summed E-state index contributed by atoms with van der Waals surface area (Å²) >= 11 is 0. The Morgan fingerprint density at radius 1 is 1.04 bits per heavy atom. The summed E-state index contributed by atoms with van der Waals surface area (Å²) in [5.41, 5.74) is 3.45. The number of pyridine rings is 1. The summed E-state index contributed by atoms with van der Waals surface area (Å²) in [6.07, 6.45) is 3.14. The Kier molecular flexibility index (Phi) is 4.33. The van der Waals surface area contributed by atoms with E-state index in [0.29, 0.717) is 22.7 Å². The van der Waals surface area contributed by atoms with E-state index in [4.69, 9.17) is 4.74 Å². The molecule has 0 unspecified atom stereocenters. The van der Waals surface area contributed by atoms with Crippen LogP contribution in [0.1, 0.15) is 15.9 Å². The number of nitro groups is 1. The maximum atomic E-state index is 12.3. The van der Waals surface area contributed by atoms with Crippen molar-refractivity contribution < 1.29 is 14.5 Å². The summed E-state index contributed by atoms with van der Waals surface area (Å²) in [5.74, 6) is 0.0160. The number of hydrogen-bond donors (Lipinski definition) is 0. The summed E-state index contributed by atoms with van der Waals surface area (Å²) < 4.78 is 7.04. The summed E-state index contributed by atoms with van der Waals surface area (Å²) in [7, 11) is 0. The first-order valence-electron chi connectivity index (χ1n) is 8.53. The van der Waals surface area contributed by atoms with Gasteiger partial charge in [-0.1, -0.05) is 18.2 Å². The molecule has 0 radical (unpaired) electrons. The fourth-order valence-electron chi connectivity index (χ4n) is 2.88. The van der Waals surface area contributed by atoms with Crippen LogP contribution in [0.2, 0.25) is 0 Å². The lowest BCUT2D eigenvalue weighted by molar-refractivity contribution is -0.385. The minimum absolute atomic E-state index is 0.00471. The van der Waals surface area contributed by atoms with Crippen LogP contribution in [-0.2, 0) is 0 Å². The zero-order valence-electron chi connectivity index (χ0n) is 14.9. The molecular weight excluding hydrogens is 358 g/mol. The number of rotatable bonds is 4. The fourth-order valence-corrected chi connectivity index (χ4v) is 2.88. The predicted molar refractivity (Wildman–Crippen MR) is 103 cm³/mol. The predicted octanol–water partition coefficient (Wildman–Crippen LogP) is 4.44. The summed E-state index contributed by atoms with van der Waals surface area (Å²) in [6.45, 7) is 1.85. The van der Waals surface area contributed by atoms with E-state index in [1.807, 2.05) is 19.1 Å². The molecule has 2 aromatic carbocycles. The Bertz CT molecular complexity index is 1200. The number of benzene rings is 2. The van der Waals surface area contributed by atoms with Gasteiger partial charge in [0.05, 0.1) is 22.4 Å². The van der Waals surface area contributed by atoms with E-state index < -0.39 is 10.9 Å². The monoisotopic (exact) mass is 373 g/mol. The lowest BCUT2D eigenvalue weighted by Crippen LogP contribution is -2.09. The summed E-state index contributed by atoms with van der Waals surface area (Å²) in [5, 5.41) is 10.9. The van der Waals surface area contributed by atoms with Gasteiger partial charge in [-0.15, -0.1) is 0 Å². The molecule has 4 aromatic rings. The Hall–Kier alpha value is -4.00. The van der Waals surface area contributed by atoms with E-state index in [0.717, 1.165) is 11.1 Å². The molecule has 7 heteroatoms. The molecule has 138 valence electrons. The quantitative estimate of drug-likeness (QED) is 0.228. The van der Waals surface area contributed by atoms with E-state index >= 15 is 0 Å². The molecule has 0 N–H and O–H groups in total. The van der Waals surface area contributed by atoms with Gasteiger partial charge in [-0.2, -0.15) is 0 Å². The van der Waals surface area contributed by atoms with Crippen molar-refractivity contribution in [3.63, 3.8) is 0 Å². The molecule has 4 rings (SSSR count). The zero-order chi connectivity index (χ0) is 19.7. The summed E-state index contributed by atoms with van der Waals surface area (Å²) in [6, 6.07) is 17.2. The van der Waals surface area contributed by atoms with Crippen LogP contribution in [0.5, 0.6) is 5.75 Å². The van der Waals surface area contributed by atoms with Crippen LogP contribution in [0.15, 0.2) is 73.1 Å². The molecule has 0 bridgehead atoms. The maximum absolute atomic E-state index is 12.3. The van der Waals surface area contributed by atoms with Crippen LogP contribution >= 0.6 is 0 Å². The van der Waals surface area contributed by atoms with Crippen molar-refractivity contribution in [2.75, 3.05) is 0 Å². The van der Waals surface area contributed by atoms with Crippen LogP contribution in [0.4, 0.5) is 5.69 Å². The Balaban J connectivity index is 1.56. The van der Waals surface area contributed by atoms with Gasteiger partial charge in [0.1, 0.15) is 11.4 Å². The van der Waals surface area contributed by atoms with Gasteiger partial charge in [-0.25, -0.2) is 9.78 Å². The van der Waals surface area contributed by atoms with Crippen LogP contribution in [-0.4, -0.2) is 20.3 Å². The van der Waals surface area contributed by atoms with Crippen molar-refractivity contribution in [3.8, 4) is 17.0 Å². The van der Waals surface area contributed by atoms with Gasteiger partial charge in [0.2, 0.25) is 0 Å². The normalized spacial score (nSPS) is 10.8. The highest BCUT2D eigenvalue weighted by atomic mass is 16.6. The molecule has 0 amide bonds. The molecule has 2 heterocycles. The molecule has 0 aliphatic carbocycles. The van der Waals surface area contributed by atoms with Gasteiger partial charge >= 0.3 is 5.97 Å². The number of imidazole rings is 1. The van der Waals surface area contributed by atoms with Crippen molar-refractivity contribution in [1.29, 1.82) is 0 Å². The second-order valence-electron chi connectivity index (χ2n) is 6.26. The largest absolute Gasteiger partial charge is 0.423 e. The molecule has 28 heavy (non-hydrogen) atoms. The number of nitrogens with zero attached hydrogens (tertiary/aromatic N) is 3. The highest BCUT2D eigenvalue weighted by Crippen LogP contribution is 2.24. The van der Waals surface area contributed by atoms with Crippen LogP contribution in [0, 0.1) is 17.0 Å². The molecule has 0 spiro atoms. The number of fused-ring (bicyclic) bond motifs is 1. The van der Waals surface area contributed by atoms with Crippen LogP contribution < -0.4 is 4.74 Å². The van der Waals surface area contributed by atoms with E-state index in [9.17, 15) is 14.9 Å². The van der Waals surface area contributed by atoms with Crippen molar-refractivity contribution in [2.24, 2.45) is 0 Å². The smallest absolute Gasteiger partial charge is 0.343 e. The third-order valence-electron chi connectivity index (χ3n) is 4.37. The fraction of sp³-hybridized carbons (Fsp3) is 0.0476. The minimum atomic E-state index is -0.448. The lowest BCUT2D eigenvalue weighted by atomic mass is 10.1. The van der Waals surface area contributed by atoms with Gasteiger partial charge in [0.25, 0.3) is 5.69 Å². The zero-order valence-corrected chi connectivity index (χ0v) is 14.9. The number of esters is 1. The van der Waals surface area contributed by atoms with Crippen molar-refractivity contribution >= 4 is 17.3 Å². The number of ether oxygens (including phenoxy) is 1. The Labute approximate surface area is 160 Å². The first-order chi connectivity index (χ1) is 13.5. The van der Waals surface area contributed by atoms with Crippen LogP contribution in [0.3, 0.4) is 0 Å².